The lowest BCUT2D eigenvalue weighted by atomic mass is 9.69. The van der Waals surface area contributed by atoms with E-state index in [0.717, 1.165) is 0 Å². The number of hydrogen-bond donors (Lipinski definition) is 0. The van der Waals surface area contributed by atoms with Crippen LogP contribution in [0.3, 0.4) is 0 Å². The predicted molar refractivity (Wildman–Crippen MR) is 58.0 cm³/mol. The molecule has 0 fully saturated rings. The van der Waals surface area contributed by atoms with Crippen LogP contribution in [0, 0.1) is 0 Å². The fourth-order valence-corrected chi connectivity index (χ4v) is 1.21. The van der Waals surface area contributed by atoms with Gasteiger partial charge in [0, 0.05) is 10.0 Å². The number of benzene rings is 1. The molecule has 50 valence electrons. The van der Waals surface area contributed by atoms with Gasteiger partial charge in [0.2, 0.25) is 0 Å². The van der Waals surface area contributed by atoms with E-state index in [2.05, 4.69) is 0 Å². The molecule has 0 saturated carbocycles. The monoisotopic (exact) mass is 186 g/mol. The van der Waals surface area contributed by atoms with Crippen molar-refractivity contribution in [2.75, 3.05) is 0 Å². The molecule has 1 rings (SSSR count). The van der Waals surface area contributed by atoms with E-state index in [1.54, 1.807) is 0 Å². The number of rotatable bonds is 0. The van der Waals surface area contributed by atoms with Gasteiger partial charge in [-0.3, -0.25) is 0 Å². The summed E-state index contributed by atoms with van der Waals surface area (Å²) in [6.45, 7) is 0. The van der Waals surface area contributed by atoms with Crippen LogP contribution in [-0.2, 0) is 0 Å². The highest BCUT2D eigenvalue weighted by atomic mass is 35.5. The fraction of sp³-hybridized carbons (Fsp3) is 0. The minimum atomic E-state index is 0.145. The maximum absolute atomic E-state index is 5.69. The van der Waals surface area contributed by atoms with Gasteiger partial charge in [-0.05, 0) is 0 Å². The lowest BCUT2D eigenvalue weighted by molar-refractivity contribution is 1.96. The minimum Gasteiger partial charge on any atom is -0.108 e. The SMILES string of the molecule is [B]c1c([B])c(Cl)c([B])c(Cl)c1[B]. The predicted octanol–water partition coefficient (Wildman–Crippen LogP) is -1.83. The smallest absolute Gasteiger partial charge is 0.108 e. The Morgan fingerprint density at radius 1 is 0.583 bits per heavy atom. The topological polar surface area (TPSA) is 0 Å². The van der Waals surface area contributed by atoms with Crippen LogP contribution in [0.15, 0.2) is 0 Å². The van der Waals surface area contributed by atoms with Crippen LogP contribution in [0.4, 0.5) is 0 Å². The number of hydrogen-bond acceptors (Lipinski definition) is 0. The Morgan fingerprint density at radius 2 is 0.917 bits per heavy atom. The van der Waals surface area contributed by atoms with Crippen LogP contribution in [0.5, 0.6) is 0 Å². The number of halogens is 2. The third-order valence-electron chi connectivity index (χ3n) is 1.53. The minimum absolute atomic E-state index is 0.145. The highest BCUT2D eigenvalue weighted by Gasteiger charge is 2.09. The van der Waals surface area contributed by atoms with Crippen LogP contribution in [0.2, 0.25) is 10.0 Å². The van der Waals surface area contributed by atoms with Gasteiger partial charge in [-0.2, -0.15) is 0 Å². The molecule has 0 spiro atoms. The zero-order valence-corrected chi connectivity index (χ0v) is 7.58. The van der Waals surface area contributed by atoms with Crippen LogP contribution in [0.25, 0.3) is 0 Å². The second-order valence-electron chi connectivity index (χ2n) is 2.28. The summed E-state index contributed by atoms with van der Waals surface area (Å²) in [5.74, 6) is 0. The Labute approximate surface area is 86.6 Å². The molecule has 0 amide bonds. The Morgan fingerprint density at radius 3 is 1.25 bits per heavy atom. The maximum atomic E-state index is 5.69. The van der Waals surface area contributed by atoms with Crippen LogP contribution in [0.1, 0.15) is 0 Å². The van der Waals surface area contributed by atoms with Crippen molar-refractivity contribution in [3.05, 3.63) is 10.0 Å². The van der Waals surface area contributed by atoms with Crippen molar-refractivity contribution in [3.8, 4) is 0 Å². The molecule has 0 unspecified atom stereocenters. The van der Waals surface area contributed by atoms with Gasteiger partial charge < -0.3 is 0 Å². The summed E-state index contributed by atoms with van der Waals surface area (Å²) in [7, 11) is 21.9. The van der Waals surface area contributed by atoms with E-state index >= 15 is 0 Å². The lowest BCUT2D eigenvalue weighted by Gasteiger charge is -2.14. The molecule has 0 aromatic heterocycles. The average Bonchev–Trinajstić information content (AvgIpc) is 2.08. The molecule has 0 nitrogen and oxygen atoms in total. The van der Waals surface area contributed by atoms with Gasteiger partial charge in [0.1, 0.15) is 31.4 Å². The van der Waals surface area contributed by atoms with Crippen molar-refractivity contribution in [2.45, 2.75) is 0 Å². The first-order valence-electron chi connectivity index (χ1n) is 3.03. The molecule has 8 radical (unpaired) electrons. The fourth-order valence-electron chi connectivity index (χ4n) is 0.768. The average molecular weight is 186 g/mol. The van der Waals surface area contributed by atoms with E-state index in [1.165, 1.54) is 0 Å². The molecule has 0 bridgehead atoms. The molecule has 1 aromatic rings. The molecule has 12 heavy (non-hydrogen) atoms. The highest BCUT2D eigenvalue weighted by Crippen LogP contribution is 2.04. The third kappa shape index (κ3) is 1.43. The Kier molecular flexibility index (Phi) is 2.90. The van der Waals surface area contributed by atoms with E-state index in [4.69, 9.17) is 54.6 Å². The molecule has 0 saturated heterocycles. The molecule has 6 heteroatoms. The van der Waals surface area contributed by atoms with E-state index in [1.807, 2.05) is 0 Å². The Hall–Kier alpha value is 0.0597. The van der Waals surface area contributed by atoms with Crippen molar-refractivity contribution >= 4 is 76.4 Å². The van der Waals surface area contributed by atoms with Crippen molar-refractivity contribution in [1.29, 1.82) is 0 Å². The standard InChI is InChI=1S/C6B4Cl2/c7-1-2(8)5(11)4(10)6(12)3(1)9. The molecule has 0 heterocycles. The first-order chi connectivity index (χ1) is 5.46. The summed E-state index contributed by atoms with van der Waals surface area (Å²) in [4.78, 5) is 0. The molecule has 0 aliphatic carbocycles. The summed E-state index contributed by atoms with van der Waals surface area (Å²) in [5, 5.41) is 0.290. The second kappa shape index (κ2) is 3.43. The van der Waals surface area contributed by atoms with Crippen LogP contribution in [-0.4, -0.2) is 31.4 Å². The normalized spacial score (nSPS) is 10.2. The Bertz CT molecular complexity index is 232. The zero-order valence-electron chi connectivity index (χ0n) is 6.07. The first-order valence-corrected chi connectivity index (χ1v) is 3.79. The van der Waals surface area contributed by atoms with Gasteiger partial charge in [-0.15, -0.1) is 5.46 Å². The van der Waals surface area contributed by atoms with Crippen molar-refractivity contribution in [1.82, 2.24) is 0 Å². The molecule has 0 atom stereocenters. The third-order valence-corrected chi connectivity index (χ3v) is 2.34. The zero-order chi connectivity index (χ0) is 9.46. The van der Waals surface area contributed by atoms with E-state index in [-0.39, 0.29) is 31.9 Å². The van der Waals surface area contributed by atoms with Crippen LogP contribution >= 0.6 is 23.2 Å². The summed E-state index contributed by atoms with van der Waals surface area (Å²) in [6.07, 6.45) is 0. The van der Waals surface area contributed by atoms with E-state index in [0.29, 0.717) is 0 Å². The molecular formula is C6B4Cl2. The summed E-state index contributed by atoms with van der Waals surface area (Å²) in [5.41, 5.74) is 0.647. The molecule has 0 aliphatic rings. The van der Waals surface area contributed by atoms with Gasteiger partial charge in [0.25, 0.3) is 0 Å². The van der Waals surface area contributed by atoms with E-state index in [9.17, 15) is 0 Å². The highest BCUT2D eigenvalue weighted by molar-refractivity contribution is 6.68. The Balaban J connectivity index is 3.60. The van der Waals surface area contributed by atoms with Crippen molar-refractivity contribution in [3.63, 3.8) is 0 Å². The van der Waals surface area contributed by atoms with Gasteiger partial charge in [0.05, 0.1) is 0 Å². The molecule has 0 aliphatic heterocycles. The summed E-state index contributed by atoms with van der Waals surface area (Å²) >= 11 is 11.4. The molecular weight excluding hydrogens is 186 g/mol. The second-order valence-corrected chi connectivity index (χ2v) is 3.04. The van der Waals surface area contributed by atoms with Crippen molar-refractivity contribution in [2.24, 2.45) is 0 Å². The quantitative estimate of drug-likeness (QED) is 0.418. The van der Waals surface area contributed by atoms with Gasteiger partial charge >= 0.3 is 0 Å². The molecule has 0 N–H and O–H groups in total. The van der Waals surface area contributed by atoms with Crippen molar-refractivity contribution < 1.29 is 0 Å². The van der Waals surface area contributed by atoms with Gasteiger partial charge in [0.15, 0.2) is 0 Å². The van der Waals surface area contributed by atoms with Gasteiger partial charge in [-0.1, -0.05) is 39.6 Å². The summed E-state index contributed by atoms with van der Waals surface area (Å²) in [6, 6.07) is 0. The van der Waals surface area contributed by atoms with Gasteiger partial charge in [-0.25, -0.2) is 0 Å². The maximum Gasteiger partial charge on any atom is 0.117 e. The largest absolute Gasteiger partial charge is 0.117 e. The van der Waals surface area contributed by atoms with Crippen LogP contribution < -0.4 is 21.9 Å². The van der Waals surface area contributed by atoms with E-state index < -0.39 is 0 Å². The first kappa shape index (κ1) is 10.1. The lowest BCUT2D eigenvalue weighted by Crippen LogP contribution is -2.44. The summed E-state index contributed by atoms with van der Waals surface area (Å²) < 4.78 is 0. The molecule has 1 aromatic carbocycles.